The minimum Gasteiger partial charge on any atom is -0.626 e. The van der Waals surface area contributed by atoms with Gasteiger partial charge in [-0.25, -0.2) is 9.59 Å². The summed E-state index contributed by atoms with van der Waals surface area (Å²) >= 11 is 0. The number of Topliss-reactive ketones (excluding diaryl/α,β-unsaturated/α-hetero) is 1. The molecule has 1 aliphatic rings. The number of methoxy groups -OCH3 is 2. The number of rotatable bonds is 7. The summed E-state index contributed by atoms with van der Waals surface area (Å²) in [6, 6.07) is 29.0. The molecule has 5 rings (SSSR count). The van der Waals surface area contributed by atoms with Gasteiger partial charge in [-0.15, -0.1) is 7.05 Å². The summed E-state index contributed by atoms with van der Waals surface area (Å²) in [6.07, 6.45) is 15.0. The summed E-state index contributed by atoms with van der Waals surface area (Å²) in [5.41, 5.74) is 9.81. The fourth-order valence-electron chi connectivity index (χ4n) is 4.30. The summed E-state index contributed by atoms with van der Waals surface area (Å²) in [5, 5.41) is 10.4. The molecule has 0 fully saturated rings. The number of amides is 1. The Morgan fingerprint density at radius 1 is 0.875 bits per heavy atom. The molecule has 56 heavy (non-hydrogen) atoms. The monoisotopic (exact) mass is 838 g/mol. The minimum atomic E-state index is -1.67. The molecule has 0 spiro atoms. The van der Waals surface area contributed by atoms with Crippen LogP contribution in [0.15, 0.2) is 102 Å². The van der Waals surface area contributed by atoms with Crippen LogP contribution in [0, 0.1) is 0 Å². The molecule has 1 heterocycles. The van der Waals surface area contributed by atoms with E-state index in [0.29, 0.717) is 22.0 Å². The molecule has 3 atom stereocenters. The van der Waals surface area contributed by atoms with E-state index < -0.39 is 23.2 Å². The van der Waals surface area contributed by atoms with Gasteiger partial charge in [0.1, 0.15) is 17.2 Å². The SMILES string of the molecule is C.C=Pc1ccccc1C(=O)OC.C=[P+]([N-]C)c1ccccc1C(=O)OC.C=[P+]([O-])c1ccccc1C(C)=O.C=[P+]1c2ccccc2C(=O)N1C.CN=[N+]=[N-].O. The topological polar surface area (TPSA) is 207 Å². The van der Waals surface area contributed by atoms with Crippen LogP contribution in [0.3, 0.4) is 0 Å². The summed E-state index contributed by atoms with van der Waals surface area (Å²) in [5.74, 6) is -0.605. The summed E-state index contributed by atoms with van der Waals surface area (Å²) in [6.45, 7) is 1.46. The molecular weight excluding hydrogens is 790 g/mol. The van der Waals surface area contributed by atoms with Crippen molar-refractivity contribution in [1.82, 2.24) is 4.67 Å². The number of ketones is 1. The van der Waals surface area contributed by atoms with Crippen molar-refractivity contribution in [3.05, 3.63) is 135 Å². The van der Waals surface area contributed by atoms with E-state index in [4.69, 9.17) is 5.53 Å². The minimum absolute atomic E-state index is 0. The van der Waals surface area contributed by atoms with Crippen molar-refractivity contribution in [2.24, 2.45) is 5.11 Å². The van der Waals surface area contributed by atoms with Gasteiger partial charge in [-0.2, -0.15) is 4.67 Å². The Morgan fingerprint density at radius 3 is 1.77 bits per heavy atom. The van der Waals surface area contributed by atoms with Gasteiger partial charge in [0, 0.05) is 25.0 Å². The van der Waals surface area contributed by atoms with Crippen LogP contribution >= 0.6 is 31.4 Å². The van der Waals surface area contributed by atoms with Gasteiger partial charge in [-0.1, -0.05) is 75.6 Å². The lowest BCUT2D eigenvalue weighted by Gasteiger charge is -2.06. The Hall–Kier alpha value is -5.17. The van der Waals surface area contributed by atoms with Crippen molar-refractivity contribution in [2.45, 2.75) is 14.4 Å². The number of nitrogens with zero attached hydrogens (tertiary/aromatic N) is 5. The van der Waals surface area contributed by atoms with Gasteiger partial charge in [-0.3, -0.25) is 9.59 Å². The van der Waals surface area contributed by atoms with E-state index in [0.717, 1.165) is 29.7 Å². The third-order valence-corrected chi connectivity index (χ3v) is 12.0. The molecule has 0 saturated carbocycles. The van der Waals surface area contributed by atoms with Gasteiger partial charge < -0.3 is 24.9 Å². The molecule has 0 aromatic heterocycles. The molecule has 0 aliphatic carbocycles. The molecule has 17 heteroatoms. The van der Waals surface area contributed by atoms with Gasteiger partial charge in [0.05, 0.1) is 58.3 Å². The lowest BCUT2D eigenvalue weighted by Crippen LogP contribution is -2.13. The van der Waals surface area contributed by atoms with Crippen molar-refractivity contribution in [3.8, 4) is 0 Å². The Kier molecular flexibility index (Phi) is 26.7. The lowest BCUT2D eigenvalue weighted by molar-refractivity contribution is -0.149. The number of benzene rings is 4. The van der Waals surface area contributed by atoms with Crippen LogP contribution in [0.25, 0.3) is 15.5 Å². The maximum atomic E-state index is 11.5. The number of azide groups is 1. The van der Waals surface area contributed by atoms with Gasteiger partial charge in [0.2, 0.25) is 7.70 Å². The van der Waals surface area contributed by atoms with Crippen LogP contribution in [-0.4, -0.2) is 94.3 Å². The van der Waals surface area contributed by atoms with E-state index in [1.54, 1.807) is 67.3 Å². The van der Waals surface area contributed by atoms with Crippen molar-refractivity contribution >= 4 is 101 Å². The highest BCUT2D eigenvalue weighted by Gasteiger charge is 2.37. The average molecular weight is 839 g/mol. The maximum Gasteiger partial charge on any atom is 0.342 e. The van der Waals surface area contributed by atoms with Crippen molar-refractivity contribution < 1.29 is 39.0 Å². The molecule has 2 N–H and O–H groups in total. The maximum absolute atomic E-state index is 11.5. The second-order valence-corrected chi connectivity index (χ2v) is 15.9. The Balaban J connectivity index is 0. The first-order valence-electron chi connectivity index (χ1n) is 15.6. The lowest BCUT2D eigenvalue weighted by atomic mass is 10.1. The highest BCUT2D eigenvalue weighted by atomic mass is 31.1. The number of carbonyl (C=O) groups is 4. The van der Waals surface area contributed by atoms with Crippen LogP contribution in [0.5, 0.6) is 0 Å². The van der Waals surface area contributed by atoms with Crippen molar-refractivity contribution in [3.63, 3.8) is 0 Å². The summed E-state index contributed by atoms with van der Waals surface area (Å²) in [7, 11) is 5.29. The second-order valence-electron chi connectivity index (χ2n) is 10.3. The fourth-order valence-corrected chi connectivity index (χ4v) is 7.85. The van der Waals surface area contributed by atoms with Crippen LogP contribution in [0.1, 0.15) is 55.8 Å². The zero-order valence-corrected chi connectivity index (χ0v) is 35.0. The zero-order valence-electron chi connectivity index (χ0n) is 31.4. The molecule has 296 valence electrons. The van der Waals surface area contributed by atoms with Crippen LogP contribution in [-0.2, 0) is 9.47 Å². The number of carbonyl (C=O) groups excluding carboxylic acids is 4. The quantitative estimate of drug-likeness (QED) is 0.0535. The van der Waals surface area contributed by atoms with E-state index in [1.807, 2.05) is 48.5 Å². The molecule has 4 aromatic carbocycles. The smallest absolute Gasteiger partial charge is 0.342 e. The molecule has 13 nitrogen and oxygen atoms in total. The molecular formula is C39H48N5O8P4+. The number of ether oxygens (including phenoxy) is 2. The summed E-state index contributed by atoms with van der Waals surface area (Å²) < 4.78 is 11.0. The number of hydrogen-bond acceptors (Lipinski definition) is 8. The number of hydrogen-bond donors (Lipinski definition) is 0. The Labute approximate surface area is 333 Å². The molecule has 0 radical (unpaired) electrons. The van der Waals surface area contributed by atoms with Crippen molar-refractivity contribution in [1.29, 1.82) is 0 Å². The van der Waals surface area contributed by atoms with Crippen LogP contribution < -0.4 is 26.1 Å². The average Bonchev–Trinajstić information content (AvgIpc) is 3.43. The van der Waals surface area contributed by atoms with E-state index in [-0.39, 0.29) is 36.5 Å². The predicted molar refractivity (Wildman–Crippen MR) is 240 cm³/mol. The van der Waals surface area contributed by atoms with Gasteiger partial charge in [0.15, 0.2) is 16.4 Å². The Morgan fingerprint density at radius 2 is 1.32 bits per heavy atom. The third-order valence-electron chi connectivity index (χ3n) is 7.02. The molecule has 0 saturated heterocycles. The van der Waals surface area contributed by atoms with Gasteiger partial charge in [-0.05, 0) is 61.0 Å². The van der Waals surface area contributed by atoms with Gasteiger partial charge in [0.25, 0.3) is 5.91 Å². The first-order valence-corrected chi connectivity index (χ1v) is 21.0. The molecule has 3 unspecified atom stereocenters. The van der Waals surface area contributed by atoms with Crippen LogP contribution in [0.4, 0.5) is 0 Å². The third kappa shape index (κ3) is 15.9. The standard InChI is InChI=1S/C10H12NO2P.C9H9NOP.2C9H9O2P.CH3N3.CH4.H2O/c1-11-14(3)9-7-5-4-6-8(9)10(12)13-2;1-10-9(11)7-5-3-4-6-8(7)12(10)2;1-11-9(10)7-5-3-4-6-8(7)12-2;1-7(10)8-5-3-4-6-9(8)12(2)11;1-3-4-2;;/h4-7H,3H2,1-2H3;3*3-6H,2H2,1H3;1H3;1H4;1H2/q;+1;;;;;. The normalized spacial score (nSPS) is 11.4. The zero-order chi connectivity index (χ0) is 40.8. The number of fused-ring (bicyclic) bond motifs is 1. The second kappa shape index (κ2) is 28.3. The predicted octanol–water partition coefficient (Wildman–Crippen LogP) is 6.08. The van der Waals surface area contributed by atoms with E-state index >= 15 is 0 Å². The Bertz CT molecular complexity index is 1960. The molecule has 1 aliphatic heterocycles. The highest BCUT2D eigenvalue weighted by molar-refractivity contribution is 7.66. The highest BCUT2D eigenvalue weighted by Crippen LogP contribution is 2.33. The molecule has 1 amide bonds. The molecule has 4 aromatic rings. The fraction of sp³-hybridized carbons (Fsp3) is 0.179. The largest absolute Gasteiger partial charge is 0.626 e. The first-order chi connectivity index (χ1) is 25.7. The van der Waals surface area contributed by atoms with Crippen molar-refractivity contribution in [2.75, 3.05) is 35.4 Å². The van der Waals surface area contributed by atoms with Gasteiger partial charge >= 0.3 is 11.9 Å². The molecule has 0 bridgehead atoms. The first kappa shape index (κ1) is 52.9. The van der Waals surface area contributed by atoms with E-state index in [1.165, 1.54) is 28.2 Å². The summed E-state index contributed by atoms with van der Waals surface area (Å²) in [4.78, 5) is 58.5. The number of esters is 2. The van der Waals surface area contributed by atoms with E-state index in [2.05, 4.69) is 49.8 Å². The van der Waals surface area contributed by atoms with Crippen LogP contribution in [0.2, 0.25) is 0 Å². The van der Waals surface area contributed by atoms with E-state index in [9.17, 15) is 24.1 Å².